The molecule has 27 heavy (non-hydrogen) atoms. The van der Waals surface area contributed by atoms with E-state index in [1.165, 1.54) is 37.9 Å². The molecule has 0 radical (unpaired) electrons. The zero-order chi connectivity index (χ0) is 18.6. The molecule has 4 nitrogen and oxygen atoms in total. The molecule has 0 atom stereocenters. The van der Waals surface area contributed by atoms with Crippen molar-refractivity contribution in [1.29, 1.82) is 0 Å². The van der Waals surface area contributed by atoms with Crippen molar-refractivity contribution in [3.8, 4) is 11.4 Å². The molecule has 1 saturated heterocycles. The number of piperidine rings is 1. The molecule has 4 rings (SSSR count). The smallest absolute Gasteiger partial charge is 0.138 e. The molecule has 0 unspecified atom stereocenters. The van der Waals surface area contributed by atoms with Gasteiger partial charge in [-0.15, -0.1) is 0 Å². The minimum Gasteiger partial charge on any atom is -0.338 e. The molecule has 2 aromatic carbocycles. The Labute approximate surface area is 169 Å². The van der Waals surface area contributed by atoms with Crippen LogP contribution in [-0.4, -0.2) is 41.0 Å². The molecular weight excluding hydrogens is 379 g/mol. The molecule has 0 bridgehead atoms. The third kappa shape index (κ3) is 4.64. The number of rotatable bonds is 6. The minimum atomic E-state index is 0.521. The van der Waals surface area contributed by atoms with Gasteiger partial charge in [-0.2, -0.15) is 0 Å². The van der Waals surface area contributed by atoms with E-state index >= 15 is 0 Å². The lowest BCUT2D eigenvalue weighted by Crippen LogP contribution is -2.35. The highest BCUT2D eigenvalue weighted by atomic mass is 35.5. The summed E-state index contributed by atoms with van der Waals surface area (Å²) >= 11 is 12.2. The first-order valence-corrected chi connectivity index (χ1v) is 10.3. The van der Waals surface area contributed by atoms with Crippen molar-refractivity contribution in [1.82, 2.24) is 20.2 Å². The fraction of sp³-hybridized carbons (Fsp3) is 0.381. The number of imidazole rings is 1. The number of nitrogens with zero attached hydrogens (tertiary/aromatic N) is 2. The van der Waals surface area contributed by atoms with E-state index in [1.54, 1.807) is 6.07 Å². The van der Waals surface area contributed by atoms with Crippen molar-refractivity contribution in [2.24, 2.45) is 0 Å². The molecule has 142 valence electrons. The fourth-order valence-electron chi connectivity index (χ4n) is 3.58. The standard InChI is InChI=1S/C21H24Cl2N4/c22-17-12-19-20(13-18(17)23)26-21(25-19)16-6-4-15(5-7-16)14-24-8-11-27-9-2-1-3-10-27/h4-7,12-13,24H,1-3,8-11,14H2,(H,25,26). The van der Waals surface area contributed by atoms with E-state index in [2.05, 4.69) is 44.5 Å². The molecule has 3 aromatic rings. The normalized spacial score (nSPS) is 15.5. The van der Waals surface area contributed by atoms with Gasteiger partial charge in [-0.25, -0.2) is 4.98 Å². The van der Waals surface area contributed by atoms with Crippen molar-refractivity contribution in [3.05, 3.63) is 52.0 Å². The number of aromatic amines is 1. The number of likely N-dealkylation sites (tertiary alicyclic amines) is 1. The Morgan fingerprint density at radius 1 is 1.00 bits per heavy atom. The summed E-state index contributed by atoms with van der Waals surface area (Å²) in [5.41, 5.74) is 4.04. The van der Waals surface area contributed by atoms with Crippen LogP contribution in [0.4, 0.5) is 0 Å². The second-order valence-corrected chi connectivity index (χ2v) is 7.96. The SMILES string of the molecule is Clc1cc2nc(-c3ccc(CNCCN4CCCCC4)cc3)[nH]c2cc1Cl. The number of nitrogens with one attached hydrogen (secondary N) is 2. The Morgan fingerprint density at radius 3 is 2.52 bits per heavy atom. The van der Waals surface area contributed by atoms with E-state index in [4.69, 9.17) is 23.2 Å². The quantitative estimate of drug-likeness (QED) is 0.562. The van der Waals surface area contributed by atoms with Crippen LogP contribution >= 0.6 is 23.2 Å². The average Bonchev–Trinajstić information content (AvgIpc) is 3.09. The molecule has 6 heteroatoms. The second-order valence-electron chi connectivity index (χ2n) is 7.14. The predicted octanol–water partition coefficient (Wildman–Crippen LogP) is 5.11. The zero-order valence-corrected chi connectivity index (χ0v) is 16.8. The molecular formula is C21H24Cl2N4. The largest absolute Gasteiger partial charge is 0.338 e. The van der Waals surface area contributed by atoms with Gasteiger partial charge in [0.25, 0.3) is 0 Å². The van der Waals surface area contributed by atoms with Crippen molar-refractivity contribution in [2.45, 2.75) is 25.8 Å². The monoisotopic (exact) mass is 402 g/mol. The van der Waals surface area contributed by atoms with Crippen molar-refractivity contribution in [3.63, 3.8) is 0 Å². The Bertz CT molecular complexity index is 859. The Morgan fingerprint density at radius 2 is 1.74 bits per heavy atom. The van der Waals surface area contributed by atoms with Crippen LogP contribution in [0, 0.1) is 0 Å². The van der Waals surface area contributed by atoms with Gasteiger partial charge < -0.3 is 15.2 Å². The van der Waals surface area contributed by atoms with E-state index < -0.39 is 0 Å². The van der Waals surface area contributed by atoms with Crippen LogP contribution < -0.4 is 5.32 Å². The van der Waals surface area contributed by atoms with Crippen LogP contribution in [0.3, 0.4) is 0 Å². The van der Waals surface area contributed by atoms with E-state index in [0.29, 0.717) is 10.0 Å². The van der Waals surface area contributed by atoms with E-state index in [-0.39, 0.29) is 0 Å². The first kappa shape index (κ1) is 18.8. The lowest BCUT2D eigenvalue weighted by molar-refractivity contribution is 0.229. The Kier molecular flexibility index (Phi) is 5.98. The Balaban J connectivity index is 1.34. The van der Waals surface area contributed by atoms with Gasteiger partial charge in [-0.05, 0) is 43.6 Å². The van der Waals surface area contributed by atoms with Gasteiger partial charge in [0.1, 0.15) is 5.82 Å². The van der Waals surface area contributed by atoms with Crippen LogP contribution in [0.15, 0.2) is 36.4 Å². The molecule has 1 fully saturated rings. The summed E-state index contributed by atoms with van der Waals surface area (Å²) in [5, 5.41) is 4.60. The number of H-pyrrole nitrogens is 1. The highest BCUT2D eigenvalue weighted by molar-refractivity contribution is 6.42. The minimum absolute atomic E-state index is 0.521. The van der Waals surface area contributed by atoms with Crippen molar-refractivity contribution in [2.75, 3.05) is 26.2 Å². The topological polar surface area (TPSA) is 44.0 Å². The third-order valence-corrected chi connectivity index (χ3v) is 5.86. The number of hydrogen-bond donors (Lipinski definition) is 2. The van der Waals surface area contributed by atoms with E-state index in [0.717, 1.165) is 42.1 Å². The Hall–Kier alpha value is -1.59. The maximum atomic E-state index is 6.08. The van der Waals surface area contributed by atoms with Gasteiger partial charge in [0.15, 0.2) is 0 Å². The molecule has 0 saturated carbocycles. The van der Waals surface area contributed by atoms with Gasteiger partial charge in [-0.3, -0.25) is 0 Å². The number of hydrogen-bond acceptors (Lipinski definition) is 3. The summed E-state index contributed by atoms with van der Waals surface area (Å²) in [7, 11) is 0. The highest BCUT2D eigenvalue weighted by Gasteiger charge is 2.10. The lowest BCUT2D eigenvalue weighted by Gasteiger charge is -2.26. The summed E-state index contributed by atoms with van der Waals surface area (Å²) in [6.45, 7) is 5.57. The van der Waals surface area contributed by atoms with Gasteiger partial charge in [0.2, 0.25) is 0 Å². The van der Waals surface area contributed by atoms with Crippen LogP contribution in [0.1, 0.15) is 24.8 Å². The van der Waals surface area contributed by atoms with Gasteiger partial charge in [0.05, 0.1) is 21.1 Å². The first-order valence-electron chi connectivity index (χ1n) is 9.56. The van der Waals surface area contributed by atoms with Crippen molar-refractivity contribution < 1.29 is 0 Å². The van der Waals surface area contributed by atoms with Gasteiger partial charge in [-0.1, -0.05) is 53.9 Å². The molecule has 1 aromatic heterocycles. The maximum Gasteiger partial charge on any atom is 0.138 e. The van der Waals surface area contributed by atoms with Gasteiger partial charge >= 0.3 is 0 Å². The fourth-order valence-corrected chi connectivity index (χ4v) is 3.90. The molecule has 0 amide bonds. The molecule has 0 spiro atoms. The molecule has 2 heterocycles. The second kappa shape index (κ2) is 8.61. The summed E-state index contributed by atoms with van der Waals surface area (Å²) in [5.74, 6) is 0.827. The molecule has 1 aliphatic rings. The number of halogens is 2. The summed E-state index contributed by atoms with van der Waals surface area (Å²) < 4.78 is 0. The first-order chi connectivity index (χ1) is 13.2. The molecule has 2 N–H and O–H groups in total. The van der Waals surface area contributed by atoms with Crippen LogP contribution in [-0.2, 0) is 6.54 Å². The lowest BCUT2D eigenvalue weighted by atomic mass is 10.1. The summed E-state index contributed by atoms with van der Waals surface area (Å²) in [6.07, 6.45) is 4.09. The maximum absolute atomic E-state index is 6.08. The van der Waals surface area contributed by atoms with E-state index in [9.17, 15) is 0 Å². The number of fused-ring (bicyclic) bond motifs is 1. The number of benzene rings is 2. The summed E-state index contributed by atoms with van der Waals surface area (Å²) in [6, 6.07) is 12.1. The number of aromatic nitrogens is 2. The molecule has 0 aliphatic carbocycles. The molecule has 1 aliphatic heterocycles. The predicted molar refractivity (Wildman–Crippen MR) is 114 cm³/mol. The third-order valence-electron chi connectivity index (χ3n) is 5.13. The van der Waals surface area contributed by atoms with Crippen LogP contribution in [0.5, 0.6) is 0 Å². The van der Waals surface area contributed by atoms with Crippen LogP contribution in [0.2, 0.25) is 10.0 Å². The van der Waals surface area contributed by atoms with E-state index in [1.807, 2.05) is 6.07 Å². The average molecular weight is 403 g/mol. The van der Waals surface area contributed by atoms with Crippen molar-refractivity contribution >= 4 is 34.2 Å². The van der Waals surface area contributed by atoms with Gasteiger partial charge in [0, 0.05) is 25.2 Å². The summed E-state index contributed by atoms with van der Waals surface area (Å²) in [4.78, 5) is 10.5. The van der Waals surface area contributed by atoms with Crippen LogP contribution in [0.25, 0.3) is 22.4 Å². The highest BCUT2D eigenvalue weighted by Crippen LogP contribution is 2.28. The zero-order valence-electron chi connectivity index (χ0n) is 15.3.